The summed E-state index contributed by atoms with van der Waals surface area (Å²) in [6.45, 7) is 2.26. The van der Waals surface area contributed by atoms with Gasteiger partial charge in [-0.2, -0.15) is 4.98 Å². The van der Waals surface area contributed by atoms with E-state index in [2.05, 4.69) is 9.97 Å². The maximum absolute atomic E-state index is 13.2. The topological polar surface area (TPSA) is 35.0 Å². The van der Waals surface area contributed by atoms with E-state index in [1.165, 1.54) is 12.1 Å². The molecule has 2 aromatic carbocycles. The van der Waals surface area contributed by atoms with Crippen molar-refractivity contribution in [1.29, 1.82) is 0 Å². The van der Waals surface area contributed by atoms with Gasteiger partial charge in [-0.05, 0) is 36.2 Å². The largest absolute Gasteiger partial charge is 0.473 e. The molecule has 0 aliphatic heterocycles. The van der Waals surface area contributed by atoms with Gasteiger partial charge in [0.2, 0.25) is 5.88 Å². The van der Waals surface area contributed by atoms with Crippen LogP contribution in [0.15, 0.2) is 54.6 Å². The van der Waals surface area contributed by atoms with Gasteiger partial charge in [0, 0.05) is 22.3 Å². The minimum Gasteiger partial charge on any atom is -0.473 e. The summed E-state index contributed by atoms with van der Waals surface area (Å²) in [5.74, 6) is 0.736. The maximum Gasteiger partial charge on any atom is 0.217 e. The molecule has 0 saturated carbocycles. The van der Waals surface area contributed by atoms with Crippen LogP contribution in [0.2, 0.25) is 5.02 Å². The van der Waals surface area contributed by atoms with E-state index in [0.29, 0.717) is 16.7 Å². The molecule has 0 fully saturated rings. The van der Waals surface area contributed by atoms with Gasteiger partial charge in [0.25, 0.3) is 0 Å². The normalized spacial score (nSPS) is 10.6. The molecule has 3 rings (SSSR count). The van der Waals surface area contributed by atoms with E-state index in [9.17, 15) is 4.39 Å². The first-order valence-electron chi connectivity index (χ1n) is 7.65. The summed E-state index contributed by atoms with van der Waals surface area (Å²) >= 11 is 6.04. The zero-order valence-electron chi connectivity index (χ0n) is 13.2. The van der Waals surface area contributed by atoms with E-state index in [1.807, 2.05) is 31.2 Å². The van der Waals surface area contributed by atoms with Gasteiger partial charge in [0.05, 0.1) is 0 Å². The third kappa shape index (κ3) is 4.09. The molecule has 1 heterocycles. The predicted molar refractivity (Wildman–Crippen MR) is 92.6 cm³/mol. The Labute approximate surface area is 145 Å². The highest BCUT2D eigenvalue weighted by molar-refractivity contribution is 6.30. The van der Waals surface area contributed by atoms with Crippen molar-refractivity contribution in [3.63, 3.8) is 0 Å². The van der Waals surface area contributed by atoms with Crippen LogP contribution in [0.3, 0.4) is 0 Å². The molecular weight excluding hydrogens is 327 g/mol. The van der Waals surface area contributed by atoms with Crippen LogP contribution in [0.4, 0.5) is 4.39 Å². The fourth-order valence-corrected chi connectivity index (χ4v) is 2.46. The number of rotatable bonds is 5. The molecule has 0 unspecified atom stereocenters. The van der Waals surface area contributed by atoms with E-state index < -0.39 is 0 Å². The van der Waals surface area contributed by atoms with Gasteiger partial charge in [-0.15, -0.1) is 0 Å². The molecule has 5 heteroatoms. The Morgan fingerprint density at radius 3 is 2.62 bits per heavy atom. The molecule has 0 spiro atoms. The number of aryl methyl sites for hydroxylation is 1. The van der Waals surface area contributed by atoms with Gasteiger partial charge in [0.15, 0.2) is 5.82 Å². The Morgan fingerprint density at radius 1 is 1.04 bits per heavy atom. The second kappa shape index (κ2) is 7.41. The van der Waals surface area contributed by atoms with E-state index in [0.717, 1.165) is 23.2 Å². The van der Waals surface area contributed by atoms with Crippen molar-refractivity contribution in [1.82, 2.24) is 9.97 Å². The molecule has 24 heavy (non-hydrogen) atoms. The standard InChI is InChI=1S/C19H16ClFN2O/c1-2-17-11-18(24-12-13-5-3-8-16(21)9-13)23-19(22-17)14-6-4-7-15(20)10-14/h3-11H,2,12H2,1H3. The van der Waals surface area contributed by atoms with Crippen molar-refractivity contribution in [2.75, 3.05) is 0 Å². The molecular formula is C19H16ClFN2O. The quantitative estimate of drug-likeness (QED) is 0.648. The van der Waals surface area contributed by atoms with Crippen LogP contribution in [0.5, 0.6) is 5.88 Å². The van der Waals surface area contributed by atoms with Crippen LogP contribution in [0, 0.1) is 5.82 Å². The Hall–Kier alpha value is -2.46. The Morgan fingerprint density at radius 2 is 1.88 bits per heavy atom. The van der Waals surface area contributed by atoms with E-state index >= 15 is 0 Å². The molecule has 122 valence electrons. The van der Waals surface area contributed by atoms with Gasteiger partial charge >= 0.3 is 0 Å². The molecule has 0 radical (unpaired) electrons. The van der Waals surface area contributed by atoms with E-state index in [1.54, 1.807) is 18.2 Å². The second-order valence-corrected chi connectivity index (χ2v) is 5.74. The second-order valence-electron chi connectivity index (χ2n) is 5.30. The average Bonchev–Trinajstić information content (AvgIpc) is 2.60. The first-order chi connectivity index (χ1) is 11.6. The molecule has 0 aliphatic carbocycles. The number of nitrogens with zero attached hydrogens (tertiary/aromatic N) is 2. The first kappa shape index (κ1) is 16.4. The molecule has 1 aromatic heterocycles. The van der Waals surface area contributed by atoms with Gasteiger partial charge in [-0.25, -0.2) is 9.37 Å². The van der Waals surface area contributed by atoms with Gasteiger partial charge in [-0.3, -0.25) is 0 Å². The number of hydrogen-bond donors (Lipinski definition) is 0. The molecule has 0 saturated heterocycles. The van der Waals surface area contributed by atoms with Crippen molar-refractivity contribution in [3.8, 4) is 17.3 Å². The van der Waals surface area contributed by atoms with Crippen LogP contribution in [0.25, 0.3) is 11.4 Å². The fraction of sp³-hybridized carbons (Fsp3) is 0.158. The molecule has 0 aliphatic rings. The average molecular weight is 343 g/mol. The summed E-state index contributed by atoms with van der Waals surface area (Å²) in [5, 5.41) is 0.625. The number of ether oxygens (including phenoxy) is 1. The third-order valence-electron chi connectivity index (χ3n) is 3.48. The zero-order chi connectivity index (χ0) is 16.9. The lowest BCUT2D eigenvalue weighted by atomic mass is 10.2. The minimum atomic E-state index is -0.285. The molecule has 0 atom stereocenters. The smallest absolute Gasteiger partial charge is 0.217 e. The van der Waals surface area contributed by atoms with Crippen LogP contribution in [0.1, 0.15) is 18.2 Å². The SMILES string of the molecule is CCc1cc(OCc2cccc(F)c2)nc(-c2cccc(Cl)c2)n1. The number of benzene rings is 2. The van der Waals surface area contributed by atoms with Crippen molar-refractivity contribution in [2.24, 2.45) is 0 Å². The number of halogens is 2. The highest BCUT2D eigenvalue weighted by Crippen LogP contribution is 2.23. The Bertz CT molecular complexity index is 854. The molecule has 3 aromatic rings. The summed E-state index contributed by atoms with van der Waals surface area (Å²) in [5.41, 5.74) is 2.44. The maximum atomic E-state index is 13.2. The van der Waals surface area contributed by atoms with E-state index in [-0.39, 0.29) is 12.4 Å². The fourth-order valence-electron chi connectivity index (χ4n) is 2.27. The predicted octanol–water partition coefficient (Wildman–Crippen LogP) is 5.08. The van der Waals surface area contributed by atoms with Crippen molar-refractivity contribution >= 4 is 11.6 Å². The Balaban J connectivity index is 1.86. The zero-order valence-corrected chi connectivity index (χ0v) is 13.9. The molecule has 0 bridgehead atoms. The van der Waals surface area contributed by atoms with Crippen LogP contribution >= 0.6 is 11.6 Å². The highest BCUT2D eigenvalue weighted by Gasteiger charge is 2.08. The van der Waals surface area contributed by atoms with E-state index in [4.69, 9.17) is 16.3 Å². The Kier molecular flexibility index (Phi) is 5.06. The van der Waals surface area contributed by atoms with Gasteiger partial charge < -0.3 is 4.74 Å². The first-order valence-corrected chi connectivity index (χ1v) is 8.03. The van der Waals surface area contributed by atoms with Crippen LogP contribution in [-0.2, 0) is 13.0 Å². The van der Waals surface area contributed by atoms with Crippen molar-refractivity contribution in [2.45, 2.75) is 20.0 Å². The third-order valence-corrected chi connectivity index (χ3v) is 3.71. The summed E-state index contributed by atoms with van der Waals surface area (Å²) in [6, 6.07) is 15.5. The summed E-state index contributed by atoms with van der Waals surface area (Å²) in [4.78, 5) is 8.97. The molecule has 0 N–H and O–H groups in total. The lowest BCUT2D eigenvalue weighted by Gasteiger charge is -2.09. The number of aromatic nitrogens is 2. The number of hydrogen-bond acceptors (Lipinski definition) is 3. The minimum absolute atomic E-state index is 0.243. The van der Waals surface area contributed by atoms with Crippen molar-refractivity contribution < 1.29 is 9.13 Å². The summed E-state index contributed by atoms with van der Waals surface area (Å²) in [7, 11) is 0. The molecule has 3 nitrogen and oxygen atoms in total. The lowest BCUT2D eigenvalue weighted by molar-refractivity contribution is 0.292. The van der Waals surface area contributed by atoms with Gasteiger partial charge in [-0.1, -0.05) is 42.8 Å². The highest BCUT2D eigenvalue weighted by atomic mass is 35.5. The lowest BCUT2D eigenvalue weighted by Crippen LogP contribution is -2.02. The van der Waals surface area contributed by atoms with Crippen LogP contribution < -0.4 is 4.74 Å². The monoisotopic (exact) mass is 342 g/mol. The van der Waals surface area contributed by atoms with Gasteiger partial charge in [0.1, 0.15) is 12.4 Å². The summed E-state index contributed by atoms with van der Waals surface area (Å²) in [6.07, 6.45) is 0.756. The van der Waals surface area contributed by atoms with Crippen LogP contribution in [-0.4, -0.2) is 9.97 Å². The summed E-state index contributed by atoms with van der Waals surface area (Å²) < 4.78 is 19.0. The van der Waals surface area contributed by atoms with Crippen molar-refractivity contribution in [3.05, 3.63) is 76.7 Å². The molecule has 0 amide bonds.